The Kier molecular flexibility index (Phi) is 6.22. The Bertz CT molecular complexity index is 965. The van der Waals surface area contributed by atoms with E-state index in [9.17, 15) is 18.0 Å². The van der Waals surface area contributed by atoms with Gasteiger partial charge >= 0.3 is 12.1 Å². The van der Waals surface area contributed by atoms with Crippen LogP contribution >= 0.6 is 0 Å². The van der Waals surface area contributed by atoms with Crippen molar-refractivity contribution in [3.05, 3.63) is 54.4 Å². The first-order valence-electron chi connectivity index (χ1n) is 9.26. The standard InChI is InChI=1S/C21H22F3N3O2/c1-13(2)9-19(29-20(28)21(22,23)24)25-11-14-3-5-15(6-4-14)16-7-8-17-18(10-16)27-12-26-17/h3-8,10,12-13,19,25H,9,11H2,1-2H3,(H,26,27). The average Bonchev–Trinajstić information content (AvgIpc) is 3.13. The molecule has 0 fully saturated rings. The van der Waals surface area contributed by atoms with Gasteiger partial charge in [-0.2, -0.15) is 13.2 Å². The zero-order valence-corrected chi connectivity index (χ0v) is 16.1. The Morgan fingerprint density at radius 1 is 1.14 bits per heavy atom. The number of nitrogens with zero attached hydrogens (tertiary/aromatic N) is 1. The van der Waals surface area contributed by atoms with Crippen LogP contribution in [0.1, 0.15) is 25.8 Å². The number of aromatic amines is 1. The topological polar surface area (TPSA) is 67.0 Å². The van der Waals surface area contributed by atoms with E-state index in [0.717, 1.165) is 27.7 Å². The largest absolute Gasteiger partial charge is 0.490 e. The van der Waals surface area contributed by atoms with E-state index in [1.807, 2.05) is 56.3 Å². The fourth-order valence-corrected chi connectivity index (χ4v) is 2.96. The minimum atomic E-state index is -5.01. The predicted molar refractivity (Wildman–Crippen MR) is 104 cm³/mol. The maximum Gasteiger partial charge on any atom is 0.490 e. The van der Waals surface area contributed by atoms with Crippen LogP contribution in [0.4, 0.5) is 13.2 Å². The minimum Gasteiger partial charge on any atom is -0.440 e. The minimum absolute atomic E-state index is 0.0628. The fraction of sp³-hybridized carbons (Fsp3) is 0.333. The monoisotopic (exact) mass is 405 g/mol. The molecular formula is C21H22F3N3O2. The van der Waals surface area contributed by atoms with Gasteiger partial charge in [0.05, 0.1) is 17.4 Å². The quantitative estimate of drug-likeness (QED) is 0.438. The molecule has 0 aliphatic rings. The van der Waals surface area contributed by atoms with Gasteiger partial charge in [0.2, 0.25) is 0 Å². The molecule has 3 aromatic rings. The lowest BCUT2D eigenvalue weighted by Gasteiger charge is -2.21. The molecule has 8 heteroatoms. The Balaban J connectivity index is 1.64. The Morgan fingerprint density at radius 2 is 1.83 bits per heavy atom. The van der Waals surface area contributed by atoms with Crippen molar-refractivity contribution in [1.29, 1.82) is 0 Å². The molecule has 0 spiro atoms. The second kappa shape index (κ2) is 8.65. The van der Waals surface area contributed by atoms with Crippen LogP contribution in [0.5, 0.6) is 0 Å². The van der Waals surface area contributed by atoms with Crippen molar-refractivity contribution in [2.24, 2.45) is 5.92 Å². The number of imidazole rings is 1. The van der Waals surface area contributed by atoms with Crippen molar-refractivity contribution in [1.82, 2.24) is 15.3 Å². The lowest BCUT2D eigenvalue weighted by Crippen LogP contribution is -2.39. The van der Waals surface area contributed by atoms with E-state index in [1.54, 1.807) is 6.33 Å². The number of alkyl halides is 3. The van der Waals surface area contributed by atoms with Gasteiger partial charge in [-0.3, -0.25) is 5.32 Å². The summed E-state index contributed by atoms with van der Waals surface area (Å²) in [6.45, 7) is 3.98. The normalized spacial score (nSPS) is 13.0. The number of halogens is 3. The molecule has 2 N–H and O–H groups in total. The average molecular weight is 405 g/mol. The van der Waals surface area contributed by atoms with Gasteiger partial charge in [-0.15, -0.1) is 0 Å². The molecule has 3 rings (SSSR count). The van der Waals surface area contributed by atoms with E-state index in [2.05, 4.69) is 20.0 Å². The fourth-order valence-electron chi connectivity index (χ4n) is 2.96. The van der Waals surface area contributed by atoms with Gasteiger partial charge in [-0.05, 0) is 34.7 Å². The van der Waals surface area contributed by atoms with E-state index >= 15 is 0 Å². The first-order valence-corrected chi connectivity index (χ1v) is 9.26. The van der Waals surface area contributed by atoms with Gasteiger partial charge in [0.15, 0.2) is 6.23 Å². The van der Waals surface area contributed by atoms with E-state index in [4.69, 9.17) is 0 Å². The number of carbonyl (C=O) groups excluding carboxylic acids is 1. The molecule has 2 aromatic carbocycles. The lowest BCUT2D eigenvalue weighted by atomic mass is 10.0. The molecule has 0 aliphatic carbocycles. The van der Waals surface area contributed by atoms with Crippen molar-refractivity contribution in [2.45, 2.75) is 39.2 Å². The highest BCUT2D eigenvalue weighted by Crippen LogP contribution is 2.23. The summed E-state index contributed by atoms with van der Waals surface area (Å²) in [4.78, 5) is 18.4. The zero-order chi connectivity index (χ0) is 21.0. The molecular weight excluding hydrogens is 383 g/mol. The van der Waals surface area contributed by atoms with Gasteiger partial charge in [0, 0.05) is 13.0 Å². The third-order valence-corrected chi connectivity index (χ3v) is 4.41. The summed E-state index contributed by atoms with van der Waals surface area (Å²) in [6.07, 6.45) is -4.09. The molecule has 1 heterocycles. The van der Waals surface area contributed by atoms with Crippen LogP contribution in [-0.4, -0.2) is 28.3 Å². The number of esters is 1. The molecule has 0 saturated heterocycles. The van der Waals surface area contributed by atoms with Gasteiger partial charge in [-0.25, -0.2) is 9.78 Å². The summed E-state index contributed by atoms with van der Waals surface area (Å²) in [5.74, 6) is -2.12. The predicted octanol–water partition coefficient (Wildman–Crippen LogP) is 4.80. The molecule has 5 nitrogen and oxygen atoms in total. The van der Waals surface area contributed by atoms with Gasteiger partial charge < -0.3 is 9.72 Å². The highest BCUT2D eigenvalue weighted by Gasteiger charge is 2.42. The summed E-state index contributed by atoms with van der Waals surface area (Å²) >= 11 is 0. The molecule has 154 valence electrons. The number of hydrogen-bond donors (Lipinski definition) is 2. The van der Waals surface area contributed by atoms with Crippen molar-refractivity contribution in [3.8, 4) is 11.1 Å². The Labute approximate surface area is 166 Å². The third kappa shape index (κ3) is 5.57. The van der Waals surface area contributed by atoms with Crippen molar-refractivity contribution < 1.29 is 22.7 Å². The number of rotatable bonds is 7. The first-order chi connectivity index (χ1) is 13.7. The molecule has 0 aliphatic heterocycles. The smallest absolute Gasteiger partial charge is 0.440 e. The van der Waals surface area contributed by atoms with Crippen LogP contribution in [0.15, 0.2) is 48.8 Å². The van der Waals surface area contributed by atoms with Crippen LogP contribution in [0, 0.1) is 5.92 Å². The second-order valence-electron chi connectivity index (χ2n) is 7.23. The van der Waals surface area contributed by atoms with Crippen LogP contribution < -0.4 is 5.32 Å². The van der Waals surface area contributed by atoms with E-state index in [1.165, 1.54) is 0 Å². The summed E-state index contributed by atoms with van der Waals surface area (Å²) < 4.78 is 42.0. The van der Waals surface area contributed by atoms with Crippen LogP contribution in [-0.2, 0) is 16.1 Å². The highest BCUT2D eigenvalue weighted by molar-refractivity contribution is 5.81. The molecule has 0 radical (unpaired) electrons. The molecule has 1 unspecified atom stereocenters. The molecule has 1 atom stereocenters. The Hall–Kier alpha value is -2.87. The number of carbonyl (C=O) groups is 1. The number of hydrogen-bond acceptors (Lipinski definition) is 4. The van der Waals surface area contributed by atoms with Crippen LogP contribution in [0.2, 0.25) is 0 Å². The summed E-state index contributed by atoms with van der Waals surface area (Å²) in [6, 6.07) is 13.6. The molecule has 0 amide bonds. The van der Waals surface area contributed by atoms with Crippen LogP contribution in [0.3, 0.4) is 0 Å². The third-order valence-electron chi connectivity index (χ3n) is 4.41. The maximum absolute atomic E-state index is 12.5. The van der Waals surface area contributed by atoms with Gasteiger partial charge in [0.1, 0.15) is 0 Å². The number of nitrogens with one attached hydrogen (secondary N) is 2. The van der Waals surface area contributed by atoms with Crippen molar-refractivity contribution in [3.63, 3.8) is 0 Å². The summed E-state index contributed by atoms with van der Waals surface area (Å²) in [5.41, 5.74) is 4.71. The summed E-state index contributed by atoms with van der Waals surface area (Å²) in [7, 11) is 0. The van der Waals surface area contributed by atoms with Crippen LogP contribution in [0.25, 0.3) is 22.2 Å². The molecule has 29 heavy (non-hydrogen) atoms. The van der Waals surface area contributed by atoms with E-state index in [-0.39, 0.29) is 18.9 Å². The van der Waals surface area contributed by atoms with Gasteiger partial charge in [-0.1, -0.05) is 44.2 Å². The number of ether oxygens (including phenoxy) is 1. The highest BCUT2D eigenvalue weighted by atomic mass is 19.4. The SMILES string of the molecule is CC(C)CC(NCc1ccc(-c2ccc3[nH]cnc3c2)cc1)OC(=O)C(F)(F)F. The van der Waals surface area contributed by atoms with Gasteiger partial charge in [0.25, 0.3) is 0 Å². The molecule has 0 bridgehead atoms. The second-order valence-corrected chi connectivity index (χ2v) is 7.23. The lowest BCUT2D eigenvalue weighted by molar-refractivity contribution is -0.207. The summed E-state index contributed by atoms with van der Waals surface area (Å²) in [5, 5.41) is 2.89. The molecule has 0 saturated carbocycles. The Morgan fingerprint density at radius 3 is 2.48 bits per heavy atom. The maximum atomic E-state index is 12.5. The number of fused-ring (bicyclic) bond motifs is 1. The first kappa shape index (κ1) is 20.9. The molecule has 1 aromatic heterocycles. The number of H-pyrrole nitrogens is 1. The van der Waals surface area contributed by atoms with Crippen molar-refractivity contribution >= 4 is 17.0 Å². The number of aromatic nitrogens is 2. The van der Waals surface area contributed by atoms with E-state index < -0.39 is 18.4 Å². The number of benzene rings is 2. The van der Waals surface area contributed by atoms with E-state index in [0.29, 0.717) is 0 Å². The zero-order valence-electron chi connectivity index (χ0n) is 16.1. The van der Waals surface area contributed by atoms with Crippen molar-refractivity contribution in [2.75, 3.05) is 0 Å².